The van der Waals surface area contributed by atoms with Gasteiger partial charge in [-0.25, -0.2) is 0 Å². The van der Waals surface area contributed by atoms with Gasteiger partial charge in [0.15, 0.2) is 0 Å². The van der Waals surface area contributed by atoms with Gasteiger partial charge in [-0.2, -0.15) is 0 Å². The molecule has 2 unspecified atom stereocenters. The Morgan fingerprint density at radius 2 is 2.14 bits per heavy atom. The molecule has 1 spiro atoms. The van der Waals surface area contributed by atoms with Gasteiger partial charge >= 0.3 is 5.97 Å². The molecule has 2 aliphatic carbocycles. The van der Waals surface area contributed by atoms with E-state index in [1.807, 2.05) is 0 Å². The van der Waals surface area contributed by atoms with E-state index in [0.717, 1.165) is 25.7 Å². The molecular weight excluding hydrogens is 278 g/mol. The van der Waals surface area contributed by atoms with Crippen LogP contribution in [0.2, 0.25) is 0 Å². The van der Waals surface area contributed by atoms with E-state index >= 15 is 0 Å². The highest BCUT2D eigenvalue weighted by Gasteiger charge is 2.60. The third-order valence-corrected chi connectivity index (χ3v) is 5.26. The van der Waals surface area contributed by atoms with Crippen LogP contribution in [0.3, 0.4) is 0 Å². The molecule has 118 valence electrons. The maximum atomic E-state index is 12.6. The number of carbonyl (C=O) groups excluding carboxylic acids is 1. The molecule has 0 bridgehead atoms. The van der Waals surface area contributed by atoms with Crippen molar-refractivity contribution in [2.45, 2.75) is 43.9 Å². The van der Waals surface area contributed by atoms with E-state index in [0.29, 0.717) is 13.0 Å². The lowest BCUT2D eigenvalue weighted by molar-refractivity contribution is -0.138. The number of carboxylic acids is 1. The number of carbonyl (C=O) groups is 2. The molecule has 1 saturated carbocycles. The minimum Gasteiger partial charge on any atom is -0.481 e. The molecule has 4 nitrogen and oxygen atoms in total. The Bertz CT molecular complexity index is 598. The van der Waals surface area contributed by atoms with Gasteiger partial charge in [0.1, 0.15) is 0 Å². The van der Waals surface area contributed by atoms with Gasteiger partial charge in [0.25, 0.3) is 0 Å². The molecule has 0 heterocycles. The summed E-state index contributed by atoms with van der Waals surface area (Å²) in [6.07, 6.45) is 4.97. The van der Waals surface area contributed by atoms with E-state index in [-0.39, 0.29) is 23.7 Å². The number of benzene rings is 1. The minimum absolute atomic E-state index is 0.0625. The lowest BCUT2D eigenvalue weighted by atomic mass is 9.78. The molecule has 4 heteroatoms. The molecule has 2 atom stereocenters. The highest BCUT2D eigenvalue weighted by atomic mass is 16.4. The molecule has 0 radical (unpaired) electrons. The van der Waals surface area contributed by atoms with Crippen LogP contribution in [0.5, 0.6) is 0 Å². The van der Waals surface area contributed by atoms with Crippen molar-refractivity contribution in [1.82, 2.24) is 4.90 Å². The first-order chi connectivity index (χ1) is 10.5. The number of rotatable bonds is 5. The smallest absolute Gasteiger partial charge is 0.303 e. The largest absolute Gasteiger partial charge is 0.481 e. The minimum atomic E-state index is -0.801. The van der Waals surface area contributed by atoms with Crippen molar-refractivity contribution in [3.8, 4) is 0 Å². The average Bonchev–Trinajstić information content (AvgIpc) is 3.21. The first-order valence-corrected chi connectivity index (χ1v) is 8.10. The van der Waals surface area contributed by atoms with Crippen molar-refractivity contribution in [3.05, 3.63) is 35.4 Å². The Labute approximate surface area is 131 Å². The third-order valence-electron chi connectivity index (χ3n) is 5.26. The Balaban J connectivity index is 1.66. The fraction of sp³-hybridized carbons (Fsp3) is 0.556. The normalized spacial score (nSPS) is 25.6. The van der Waals surface area contributed by atoms with Gasteiger partial charge in [-0.3, -0.25) is 9.59 Å². The second-order valence-electron chi connectivity index (χ2n) is 6.68. The number of hydrogen-bond donors (Lipinski definition) is 1. The summed E-state index contributed by atoms with van der Waals surface area (Å²) in [5.41, 5.74) is 2.84. The first kappa shape index (κ1) is 15.1. The quantitative estimate of drug-likeness (QED) is 0.909. The SMILES string of the molecule is CN(CCCC(=O)O)C(=O)C1CC12CCCc1ccccc12. The summed E-state index contributed by atoms with van der Waals surface area (Å²) in [5, 5.41) is 8.69. The predicted octanol–water partition coefficient (Wildman–Crippen LogP) is 2.60. The summed E-state index contributed by atoms with van der Waals surface area (Å²) in [5.74, 6) is -0.532. The Hall–Kier alpha value is -1.84. The number of aliphatic carboxylic acids is 1. The van der Waals surface area contributed by atoms with Crippen molar-refractivity contribution in [3.63, 3.8) is 0 Å². The van der Waals surface area contributed by atoms with E-state index in [1.165, 1.54) is 11.1 Å². The monoisotopic (exact) mass is 301 g/mol. The number of aryl methyl sites for hydroxylation is 1. The van der Waals surface area contributed by atoms with Gasteiger partial charge in [0.05, 0.1) is 0 Å². The van der Waals surface area contributed by atoms with Gasteiger partial charge in [0, 0.05) is 31.3 Å². The van der Waals surface area contributed by atoms with Crippen LogP contribution in [0.15, 0.2) is 24.3 Å². The highest BCUT2D eigenvalue weighted by molar-refractivity contribution is 5.84. The van der Waals surface area contributed by atoms with Crippen molar-refractivity contribution >= 4 is 11.9 Å². The summed E-state index contributed by atoms with van der Waals surface area (Å²) in [6.45, 7) is 0.527. The number of amides is 1. The van der Waals surface area contributed by atoms with E-state index in [4.69, 9.17) is 5.11 Å². The molecular formula is C18H23NO3. The van der Waals surface area contributed by atoms with Crippen LogP contribution in [-0.2, 0) is 21.4 Å². The molecule has 1 N–H and O–H groups in total. The maximum absolute atomic E-state index is 12.6. The zero-order chi connectivity index (χ0) is 15.7. The fourth-order valence-corrected chi connectivity index (χ4v) is 4.00. The maximum Gasteiger partial charge on any atom is 0.303 e. The summed E-state index contributed by atoms with van der Waals surface area (Å²) >= 11 is 0. The zero-order valence-corrected chi connectivity index (χ0v) is 13.0. The van der Waals surface area contributed by atoms with Gasteiger partial charge < -0.3 is 10.0 Å². The molecule has 1 amide bonds. The lowest BCUT2D eigenvalue weighted by Gasteiger charge is -2.27. The van der Waals surface area contributed by atoms with Gasteiger partial charge in [-0.1, -0.05) is 24.3 Å². The molecule has 3 rings (SSSR count). The van der Waals surface area contributed by atoms with Gasteiger partial charge in [-0.05, 0) is 43.2 Å². The van der Waals surface area contributed by atoms with Crippen LogP contribution in [0.4, 0.5) is 0 Å². The highest BCUT2D eigenvalue weighted by Crippen LogP contribution is 2.60. The van der Waals surface area contributed by atoms with E-state index in [2.05, 4.69) is 24.3 Å². The Morgan fingerprint density at radius 1 is 1.36 bits per heavy atom. The number of hydrogen-bond acceptors (Lipinski definition) is 2. The van der Waals surface area contributed by atoms with Crippen LogP contribution < -0.4 is 0 Å². The predicted molar refractivity (Wildman–Crippen MR) is 83.7 cm³/mol. The van der Waals surface area contributed by atoms with Crippen LogP contribution in [0.25, 0.3) is 0 Å². The standard InChI is InChI=1S/C18H23NO3/c1-19(11-5-9-16(20)21)17(22)15-12-18(15)10-4-7-13-6-2-3-8-14(13)18/h2-3,6,8,15H,4-5,7,9-12H2,1H3,(H,20,21). The van der Waals surface area contributed by atoms with Crippen LogP contribution in [-0.4, -0.2) is 35.5 Å². The van der Waals surface area contributed by atoms with Crippen LogP contribution in [0.1, 0.15) is 43.2 Å². The zero-order valence-electron chi connectivity index (χ0n) is 13.0. The van der Waals surface area contributed by atoms with E-state index < -0.39 is 5.97 Å². The van der Waals surface area contributed by atoms with Gasteiger partial charge in [-0.15, -0.1) is 0 Å². The number of nitrogens with zero attached hydrogens (tertiary/aromatic N) is 1. The van der Waals surface area contributed by atoms with Crippen molar-refractivity contribution in [1.29, 1.82) is 0 Å². The van der Waals surface area contributed by atoms with Crippen molar-refractivity contribution in [2.24, 2.45) is 5.92 Å². The topological polar surface area (TPSA) is 57.6 Å². The summed E-state index contributed by atoms with van der Waals surface area (Å²) in [6, 6.07) is 8.52. The number of carboxylic acid groups (broad SMARTS) is 1. The second-order valence-corrected chi connectivity index (χ2v) is 6.68. The molecule has 0 aliphatic heterocycles. The van der Waals surface area contributed by atoms with E-state index in [1.54, 1.807) is 11.9 Å². The molecule has 2 aliphatic rings. The Morgan fingerprint density at radius 3 is 2.91 bits per heavy atom. The summed E-state index contributed by atoms with van der Waals surface area (Å²) in [4.78, 5) is 24.9. The van der Waals surface area contributed by atoms with Crippen molar-refractivity contribution < 1.29 is 14.7 Å². The van der Waals surface area contributed by atoms with Crippen LogP contribution in [0, 0.1) is 5.92 Å². The second kappa shape index (κ2) is 5.75. The molecule has 0 aromatic heterocycles. The third kappa shape index (κ3) is 2.62. The van der Waals surface area contributed by atoms with Crippen LogP contribution >= 0.6 is 0 Å². The number of fused-ring (bicyclic) bond motifs is 2. The summed E-state index contributed by atoms with van der Waals surface area (Å²) < 4.78 is 0. The van der Waals surface area contributed by atoms with Gasteiger partial charge in [0.2, 0.25) is 5.91 Å². The first-order valence-electron chi connectivity index (χ1n) is 8.10. The average molecular weight is 301 g/mol. The summed E-state index contributed by atoms with van der Waals surface area (Å²) in [7, 11) is 1.80. The molecule has 0 saturated heterocycles. The molecule has 1 aromatic rings. The molecule has 1 aromatic carbocycles. The lowest BCUT2D eigenvalue weighted by Crippen LogP contribution is -2.33. The van der Waals surface area contributed by atoms with Crippen molar-refractivity contribution in [2.75, 3.05) is 13.6 Å². The molecule has 1 fully saturated rings. The van der Waals surface area contributed by atoms with E-state index in [9.17, 15) is 9.59 Å². The molecule has 22 heavy (non-hydrogen) atoms. The Kier molecular flexibility index (Phi) is 3.94. The fourth-order valence-electron chi connectivity index (χ4n) is 4.00.